The summed E-state index contributed by atoms with van der Waals surface area (Å²) in [5, 5.41) is 3.61. The van der Waals surface area contributed by atoms with E-state index < -0.39 is 0 Å². The highest BCUT2D eigenvalue weighted by molar-refractivity contribution is 5.82. The minimum Gasteiger partial charge on any atom is -0.355 e. The highest BCUT2D eigenvalue weighted by Gasteiger charge is 2.37. The molecule has 134 valence electrons. The van der Waals surface area contributed by atoms with Gasteiger partial charge in [-0.1, -0.05) is 19.1 Å². The van der Waals surface area contributed by atoms with Crippen molar-refractivity contribution in [2.24, 2.45) is 5.41 Å². The molecular formula is C19H26N4O2. The van der Waals surface area contributed by atoms with Crippen molar-refractivity contribution >= 4 is 16.8 Å². The van der Waals surface area contributed by atoms with E-state index in [1.807, 2.05) is 25.1 Å². The van der Waals surface area contributed by atoms with Crippen molar-refractivity contribution < 1.29 is 4.79 Å². The van der Waals surface area contributed by atoms with Gasteiger partial charge < -0.3 is 15.2 Å². The van der Waals surface area contributed by atoms with Gasteiger partial charge in [-0.25, -0.2) is 4.98 Å². The Balaban J connectivity index is 1.61. The summed E-state index contributed by atoms with van der Waals surface area (Å²) in [6.07, 6.45) is 2.48. The highest BCUT2D eigenvalue weighted by Crippen LogP contribution is 2.29. The van der Waals surface area contributed by atoms with Crippen LogP contribution >= 0.6 is 0 Å². The van der Waals surface area contributed by atoms with Crippen molar-refractivity contribution in [3.05, 3.63) is 40.4 Å². The molecule has 1 fully saturated rings. The van der Waals surface area contributed by atoms with E-state index in [-0.39, 0.29) is 16.9 Å². The first kappa shape index (κ1) is 17.6. The summed E-state index contributed by atoms with van der Waals surface area (Å²) >= 11 is 0. The van der Waals surface area contributed by atoms with Gasteiger partial charge in [-0.3, -0.25) is 9.59 Å². The van der Waals surface area contributed by atoms with E-state index >= 15 is 0 Å². The highest BCUT2D eigenvalue weighted by atomic mass is 16.2. The standard InChI is InChI=1S/C19H26N4O2/c1-3-23-12-6-10-19(2,13-23)18(25)20-11-9-16-21-15-8-5-4-7-14(15)17(24)22-16/h4-5,7-8H,3,6,9-13H2,1-2H3,(H,20,25)(H,21,22,24). The number of hydrogen-bond acceptors (Lipinski definition) is 4. The second-order valence-electron chi connectivity index (χ2n) is 7.07. The molecule has 1 aliphatic rings. The number of fused-ring (bicyclic) bond motifs is 1. The summed E-state index contributed by atoms with van der Waals surface area (Å²) in [7, 11) is 0. The van der Waals surface area contributed by atoms with Crippen LogP contribution in [0.4, 0.5) is 0 Å². The fourth-order valence-corrected chi connectivity index (χ4v) is 3.56. The molecule has 0 aliphatic carbocycles. The molecule has 2 heterocycles. The van der Waals surface area contributed by atoms with Crippen LogP contribution in [0.1, 0.15) is 32.5 Å². The predicted octanol–water partition coefficient (Wildman–Crippen LogP) is 1.70. The maximum Gasteiger partial charge on any atom is 0.258 e. The van der Waals surface area contributed by atoms with Crippen molar-refractivity contribution in [2.75, 3.05) is 26.2 Å². The molecule has 25 heavy (non-hydrogen) atoms. The molecule has 0 saturated carbocycles. The molecule has 3 rings (SSSR count). The Labute approximate surface area is 147 Å². The Morgan fingerprint density at radius 1 is 1.40 bits per heavy atom. The first-order valence-corrected chi connectivity index (χ1v) is 9.00. The lowest BCUT2D eigenvalue weighted by Gasteiger charge is -2.38. The lowest BCUT2D eigenvalue weighted by Crippen LogP contribution is -2.50. The molecule has 0 radical (unpaired) electrons. The second kappa shape index (κ2) is 7.35. The van der Waals surface area contributed by atoms with Crippen LogP contribution in [-0.4, -0.2) is 47.0 Å². The zero-order valence-electron chi connectivity index (χ0n) is 15.0. The number of H-pyrrole nitrogens is 1. The van der Waals surface area contributed by atoms with Gasteiger partial charge in [0.2, 0.25) is 5.91 Å². The molecule has 1 aromatic heterocycles. The molecule has 1 amide bonds. The van der Waals surface area contributed by atoms with Crippen LogP contribution in [0, 0.1) is 5.41 Å². The largest absolute Gasteiger partial charge is 0.355 e. The van der Waals surface area contributed by atoms with Crippen LogP contribution < -0.4 is 10.9 Å². The minimum absolute atomic E-state index is 0.0915. The number of nitrogens with zero attached hydrogens (tertiary/aromatic N) is 2. The van der Waals surface area contributed by atoms with Crippen LogP contribution in [0.3, 0.4) is 0 Å². The number of rotatable bonds is 5. The van der Waals surface area contributed by atoms with Crippen LogP contribution in [0.2, 0.25) is 0 Å². The van der Waals surface area contributed by atoms with Gasteiger partial charge in [-0.2, -0.15) is 0 Å². The van der Waals surface area contributed by atoms with Crippen LogP contribution in [0.15, 0.2) is 29.1 Å². The smallest absolute Gasteiger partial charge is 0.258 e. The summed E-state index contributed by atoms with van der Waals surface area (Å²) in [6, 6.07) is 7.28. The lowest BCUT2D eigenvalue weighted by molar-refractivity contribution is -0.133. The number of carbonyl (C=O) groups is 1. The Hall–Kier alpha value is -2.21. The van der Waals surface area contributed by atoms with Crippen molar-refractivity contribution in [3.8, 4) is 0 Å². The third kappa shape index (κ3) is 3.90. The van der Waals surface area contributed by atoms with Gasteiger partial charge >= 0.3 is 0 Å². The van der Waals surface area contributed by atoms with Gasteiger partial charge in [0.15, 0.2) is 0 Å². The predicted molar refractivity (Wildman–Crippen MR) is 98.5 cm³/mol. The normalized spacial score (nSPS) is 21.4. The molecular weight excluding hydrogens is 316 g/mol. The maximum atomic E-state index is 12.6. The van der Waals surface area contributed by atoms with Gasteiger partial charge in [0.1, 0.15) is 5.82 Å². The number of carbonyl (C=O) groups excluding carboxylic acids is 1. The van der Waals surface area contributed by atoms with Crippen molar-refractivity contribution in [1.29, 1.82) is 0 Å². The number of aromatic amines is 1. The van der Waals surface area contributed by atoms with Gasteiger partial charge in [0.05, 0.1) is 16.3 Å². The summed E-state index contributed by atoms with van der Waals surface area (Å²) in [6.45, 7) is 7.50. The minimum atomic E-state index is -0.335. The molecule has 6 nitrogen and oxygen atoms in total. The summed E-state index contributed by atoms with van der Waals surface area (Å²) < 4.78 is 0. The first-order chi connectivity index (χ1) is 12.0. The molecule has 0 spiro atoms. The number of nitrogens with one attached hydrogen (secondary N) is 2. The molecule has 1 aliphatic heterocycles. The Bertz CT molecular complexity index is 816. The molecule has 1 atom stereocenters. The zero-order valence-corrected chi connectivity index (χ0v) is 15.0. The zero-order chi connectivity index (χ0) is 17.9. The Morgan fingerprint density at radius 2 is 2.20 bits per heavy atom. The maximum absolute atomic E-state index is 12.6. The number of piperidine rings is 1. The molecule has 1 unspecified atom stereocenters. The number of benzene rings is 1. The number of hydrogen-bond donors (Lipinski definition) is 2. The van der Waals surface area contributed by atoms with Gasteiger partial charge in [0.25, 0.3) is 5.56 Å². The van der Waals surface area contributed by atoms with Gasteiger partial charge in [0, 0.05) is 19.5 Å². The van der Waals surface area contributed by atoms with E-state index in [4.69, 9.17) is 0 Å². The van der Waals surface area contributed by atoms with E-state index in [9.17, 15) is 9.59 Å². The summed E-state index contributed by atoms with van der Waals surface area (Å²) in [4.78, 5) is 34.3. The third-order valence-electron chi connectivity index (χ3n) is 5.08. The van der Waals surface area contributed by atoms with Crippen molar-refractivity contribution in [1.82, 2.24) is 20.2 Å². The van der Waals surface area contributed by atoms with Crippen LogP contribution in [0.25, 0.3) is 10.9 Å². The van der Waals surface area contributed by atoms with E-state index in [0.717, 1.165) is 32.5 Å². The molecule has 2 N–H and O–H groups in total. The number of amides is 1. The molecule has 0 bridgehead atoms. The second-order valence-corrected chi connectivity index (χ2v) is 7.07. The van der Waals surface area contributed by atoms with Gasteiger partial charge in [-0.05, 0) is 45.0 Å². The Morgan fingerprint density at radius 3 is 3.00 bits per heavy atom. The Kier molecular flexibility index (Phi) is 5.18. The third-order valence-corrected chi connectivity index (χ3v) is 5.08. The van der Waals surface area contributed by atoms with E-state index in [0.29, 0.717) is 29.7 Å². The molecule has 1 saturated heterocycles. The average molecular weight is 342 g/mol. The van der Waals surface area contributed by atoms with E-state index in [1.165, 1.54) is 0 Å². The fourth-order valence-electron chi connectivity index (χ4n) is 3.56. The van der Waals surface area contributed by atoms with Gasteiger partial charge in [-0.15, -0.1) is 0 Å². The number of likely N-dealkylation sites (tertiary alicyclic amines) is 1. The summed E-state index contributed by atoms with van der Waals surface area (Å²) in [5.74, 6) is 0.696. The average Bonchev–Trinajstić information content (AvgIpc) is 2.61. The van der Waals surface area contributed by atoms with Crippen molar-refractivity contribution in [2.45, 2.75) is 33.1 Å². The van der Waals surface area contributed by atoms with Crippen LogP contribution in [0.5, 0.6) is 0 Å². The SMILES string of the molecule is CCN1CCCC(C)(C(=O)NCCc2nc3ccccc3c(=O)[nH]2)C1. The lowest BCUT2D eigenvalue weighted by atomic mass is 9.81. The number of aromatic nitrogens is 2. The molecule has 1 aromatic carbocycles. The molecule has 6 heteroatoms. The fraction of sp³-hybridized carbons (Fsp3) is 0.526. The van der Waals surface area contributed by atoms with Crippen LogP contribution in [-0.2, 0) is 11.2 Å². The monoisotopic (exact) mass is 342 g/mol. The van der Waals surface area contributed by atoms with E-state index in [2.05, 4.69) is 27.1 Å². The number of para-hydroxylation sites is 1. The first-order valence-electron chi connectivity index (χ1n) is 9.00. The van der Waals surface area contributed by atoms with E-state index in [1.54, 1.807) is 6.07 Å². The molecule has 2 aromatic rings. The van der Waals surface area contributed by atoms with Crippen molar-refractivity contribution in [3.63, 3.8) is 0 Å². The summed E-state index contributed by atoms with van der Waals surface area (Å²) in [5.41, 5.74) is 0.216. The quantitative estimate of drug-likeness (QED) is 0.867. The topological polar surface area (TPSA) is 78.1 Å².